The first-order valence-electron chi connectivity index (χ1n) is 5.47. The quantitative estimate of drug-likeness (QED) is 0.763. The molecule has 0 bridgehead atoms. The predicted molar refractivity (Wildman–Crippen MR) is 74.9 cm³/mol. The summed E-state index contributed by atoms with van der Waals surface area (Å²) in [6, 6.07) is 4.17. The highest BCUT2D eigenvalue weighted by Gasteiger charge is 2.17. The van der Waals surface area contributed by atoms with Gasteiger partial charge in [-0.25, -0.2) is 4.98 Å². The van der Waals surface area contributed by atoms with E-state index in [1.807, 2.05) is 0 Å². The fourth-order valence-corrected chi connectivity index (χ4v) is 3.63. The largest absolute Gasteiger partial charge is 0.383 e. The Bertz CT molecular complexity index is 647. The molecule has 5 heteroatoms. The van der Waals surface area contributed by atoms with Crippen LogP contribution in [-0.2, 0) is 0 Å². The lowest BCUT2D eigenvalue weighted by atomic mass is 10.1. The van der Waals surface area contributed by atoms with E-state index in [0.717, 1.165) is 22.2 Å². The van der Waals surface area contributed by atoms with Crippen molar-refractivity contribution in [2.75, 3.05) is 5.73 Å². The lowest BCUT2D eigenvalue weighted by Gasteiger charge is -2.02. The molecule has 0 aliphatic rings. The maximum Gasteiger partial charge on any atom is 0.196 e. The first-order valence-corrected chi connectivity index (χ1v) is 7.23. The Balaban J connectivity index is 2.28. The maximum absolute atomic E-state index is 6.20. The molecule has 0 radical (unpaired) electrons. The second kappa shape index (κ2) is 3.85. The molecule has 0 aromatic carbocycles. The number of hydrogen-bond acceptors (Lipinski definition) is 4. The van der Waals surface area contributed by atoms with Gasteiger partial charge in [0.1, 0.15) is 5.82 Å². The van der Waals surface area contributed by atoms with Gasteiger partial charge in [0, 0.05) is 5.38 Å². The van der Waals surface area contributed by atoms with Crippen LogP contribution in [0.4, 0.5) is 5.82 Å². The standard InChI is InChI=1S/C12H13N3S2/c1-7(2)10-11(13)15-8(6-17-12(15)14-10)9-4-3-5-16-9/h3-7H,13H2,1-2H3. The number of anilines is 1. The van der Waals surface area contributed by atoms with Crippen molar-refractivity contribution in [3.63, 3.8) is 0 Å². The molecule has 0 spiro atoms. The molecule has 17 heavy (non-hydrogen) atoms. The molecule has 0 aliphatic carbocycles. The first-order chi connectivity index (χ1) is 8.18. The van der Waals surface area contributed by atoms with Crippen molar-refractivity contribution < 1.29 is 0 Å². The average Bonchev–Trinajstić information content (AvgIpc) is 2.95. The molecule has 0 saturated carbocycles. The number of thiophene rings is 1. The fourth-order valence-electron chi connectivity index (χ4n) is 1.92. The third-order valence-corrected chi connectivity index (χ3v) is 4.47. The van der Waals surface area contributed by atoms with E-state index in [9.17, 15) is 0 Å². The van der Waals surface area contributed by atoms with Gasteiger partial charge in [0.15, 0.2) is 4.96 Å². The Morgan fingerprint density at radius 3 is 2.82 bits per heavy atom. The van der Waals surface area contributed by atoms with E-state index in [0.29, 0.717) is 5.92 Å². The summed E-state index contributed by atoms with van der Waals surface area (Å²) in [6.45, 7) is 4.24. The second-order valence-electron chi connectivity index (χ2n) is 4.25. The van der Waals surface area contributed by atoms with E-state index in [4.69, 9.17) is 5.73 Å². The van der Waals surface area contributed by atoms with Gasteiger partial charge in [-0.05, 0) is 17.4 Å². The zero-order chi connectivity index (χ0) is 12.0. The van der Waals surface area contributed by atoms with Gasteiger partial charge in [-0.3, -0.25) is 4.40 Å². The highest BCUT2D eigenvalue weighted by molar-refractivity contribution is 7.17. The molecule has 0 aliphatic heterocycles. The van der Waals surface area contributed by atoms with Gasteiger partial charge >= 0.3 is 0 Å². The third-order valence-electron chi connectivity index (χ3n) is 2.75. The molecule has 3 rings (SSSR count). The third kappa shape index (κ3) is 1.57. The number of nitrogen functional groups attached to an aromatic ring is 1. The highest BCUT2D eigenvalue weighted by atomic mass is 32.1. The van der Waals surface area contributed by atoms with Crippen LogP contribution in [0.3, 0.4) is 0 Å². The average molecular weight is 263 g/mol. The van der Waals surface area contributed by atoms with Crippen LogP contribution in [0.5, 0.6) is 0 Å². The van der Waals surface area contributed by atoms with Crippen LogP contribution in [0.25, 0.3) is 15.5 Å². The van der Waals surface area contributed by atoms with E-state index in [1.165, 1.54) is 4.88 Å². The molecule has 3 heterocycles. The van der Waals surface area contributed by atoms with Crippen molar-refractivity contribution in [1.29, 1.82) is 0 Å². The Morgan fingerprint density at radius 1 is 1.35 bits per heavy atom. The molecule has 0 saturated heterocycles. The number of hydrogen-bond donors (Lipinski definition) is 1. The monoisotopic (exact) mass is 263 g/mol. The van der Waals surface area contributed by atoms with E-state index >= 15 is 0 Å². The smallest absolute Gasteiger partial charge is 0.196 e. The number of rotatable bonds is 2. The summed E-state index contributed by atoms with van der Waals surface area (Å²) in [5, 5.41) is 4.20. The summed E-state index contributed by atoms with van der Waals surface area (Å²) in [5.41, 5.74) is 8.35. The number of nitrogens with two attached hydrogens (primary N) is 1. The number of thiazole rings is 1. The molecular formula is C12H13N3S2. The minimum Gasteiger partial charge on any atom is -0.383 e. The lowest BCUT2D eigenvalue weighted by Crippen LogP contribution is -1.98. The predicted octanol–water partition coefficient (Wildman–Crippen LogP) is 3.83. The molecule has 0 atom stereocenters. The molecule has 3 aromatic rings. The van der Waals surface area contributed by atoms with Crippen molar-refractivity contribution in [3.8, 4) is 10.6 Å². The van der Waals surface area contributed by atoms with Crippen LogP contribution >= 0.6 is 22.7 Å². The number of fused-ring (bicyclic) bond motifs is 1. The summed E-state index contributed by atoms with van der Waals surface area (Å²) < 4.78 is 2.06. The topological polar surface area (TPSA) is 43.3 Å². The van der Waals surface area contributed by atoms with Gasteiger partial charge in [-0.1, -0.05) is 19.9 Å². The molecule has 3 nitrogen and oxygen atoms in total. The van der Waals surface area contributed by atoms with E-state index in [2.05, 4.69) is 46.1 Å². The summed E-state index contributed by atoms with van der Waals surface area (Å²) in [7, 11) is 0. The van der Waals surface area contributed by atoms with Gasteiger partial charge in [0.2, 0.25) is 0 Å². The van der Waals surface area contributed by atoms with Crippen LogP contribution in [-0.4, -0.2) is 9.38 Å². The second-order valence-corrected chi connectivity index (χ2v) is 6.04. The molecular weight excluding hydrogens is 250 g/mol. The SMILES string of the molecule is CC(C)c1nc2scc(-c3cccs3)n2c1N. The summed E-state index contributed by atoms with van der Waals surface area (Å²) >= 11 is 3.37. The maximum atomic E-state index is 6.20. The fraction of sp³-hybridized carbons (Fsp3) is 0.250. The van der Waals surface area contributed by atoms with E-state index in [-0.39, 0.29) is 0 Å². The molecule has 0 amide bonds. The Morgan fingerprint density at radius 2 is 2.18 bits per heavy atom. The summed E-state index contributed by atoms with van der Waals surface area (Å²) in [6.07, 6.45) is 0. The van der Waals surface area contributed by atoms with E-state index < -0.39 is 0 Å². The number of nitrogens with zero attached hydrogens (tertiary/aromatic N) is 2. The highest BCUT2D eigenvalue weighted by Crippen LogP contribution is 2.34. The van der Waals surface area contributed by atoms with Crippen molar-refractivity contribution in [2.24, 2.45) is 0 Å². The Kier molecular flexibility index (Phi) is 2.45. The van der Waals surface area contributed by atoms with Gasteiger partial charge in [-0.2, -0.15) is 0 Å². The zero-order valence-corrected chi connectivity index (χ0v) is 11.3. The van der Waals surface area contributed by atoms with Crippen LogP contribution in [0, 0.1) is 0 Å². The van der Waals surface area contributed by atoms with Crippen molar-refractivity contribution in [3.05, 3.63) is 28.6 Å². The minimum atomic E-state index is 0.360. The normalized spacial score (nSPS) is 11.7. The molecule has 0 unspecified atom stereocenters. The van der Waals surface area contributed by atoms with Crippen molar-refractivity contribution >= 4 is 33.5 Å². The van der Waals surface area contributed by atoms with Gasteiger partial charge in [-0.15, -0.1) is 22.7 Å². The summed E-state index contributed by atoms with van der Waals surface area (Å²) in [5.74, 6) is 1.14. The Labute approximate surface area is 108 Å². The van der Waals surface area contributed by atoms with Crippen LogP contribution in [0.2, 0.25) is 0 Å². The van der Waals surface area contributed by atoms with Gasteiger partial charge in [0.05, 0.1) is 16.3 Å². The van der Waals surface area contributed by atoms with E-state index in [1.54, 1.807) is 22.7 Å². The molecule has 88 valence electrons. The van der Waals surface area contributed by atoms with Crippen LogP contribution in [0.15, 0.2) is 22.9 Å². The first kappa shape index (κ1) is 10.8. The lowest BCUT2D eigenvalue weighted by molar-refractivity contribution is 0.838. The van der Waals surface area contributed by atoms with Crippen molar-refractivity contribution in [2.45, 2.75) is 19.8 Å². The molecule has 0 fully saturated rings. The number of aromatic nitrogens is 2. The number of imidazole rings is 1. The summed E-state index contributed by atoms with van der Waals surface area (Å²) in [4.78, 5) is 6.82. The van der Waals surface area contributed by atoms with Crippen LogP contribution in [0.1, 0.15) is 25.5 Å². The molecule has 3 aromatic heterocycles. The van der Waals surface area contributed by atoms with Gasteiger partial charge in [0.25, 0.3) is 0 Å². The zero-order valence-electron chi connectivity index (χ0n) is 9.68. The van der Waals surface area contributed by atoms with Crippen LogP contribution < -0.4 is 5.73 Å². The molecule has 2 N–H and O–H groups in total. The van der Waals surface area contributed by atoms with Crippen molar-refractivity contribution in [1.82, 2.24) is 9.38 Å². The van der Waals surface area contributed by atoms with Gasteiger partial charge < -0.3 is 5.73 Å². The Hall–Kier alpha value is -1.33. The minimum absolute atomic E-state index is 0.360.